The number of carbonyl (C=O) groups excluding carboxylic acids is 5. The zero-order valence-electron chi connectivity index (χ0n) is 32.0. The first kappa shape index (κ1) is 47.0. The molecule has 0 atom stereocenters. The number of hydroxylamine groups is 6. The lowest BCUT2D eigenvalue weighted by atomic mass is 10.1. The van der Waals surface area contributed by atoms with Gasteiger partial charge in [-0.2, -0.15) is 5.10 Å². The summed E-state index contributed by atoms with van der Waals surface area (Å²) in [6, 6.07) is 11.0. The average Bonchev–Trinajstić information content (AvgIpc) is 3.20. The molecule has 19 heteroatoms. The number of thiocarbonyl (C=S) groups is 1. The summed E-state index contributed by atoms with van der Waals surface area (Å²) in [5, 5.41) is 44.5. The van der Waals surface area contributed by atoms with Crippen molar-refractivity contribution in [2.24, 2.45) is 5.10 Å². The van der Waals surface area contributed by atoms with Crippen LogP contribution in [-0.4, -0.2) is 120 Å². The highest BCUT2D eigenvalue weighted by atomic mass is 32.1. The van der Waals surface area contributed by atoms with E-state index in [1.54, 1.807) is 12.4 Å². The molecule has 0 spiro atoms. The number of rotatable bonds is 27. The monoisotopic (exact) mass is 800 g/mol. The van der Waals surface area contributed by atoms with Crippen LogP contribution in [0.15, 0.2) is 53.9 Å². The van der Waals surface area contributed by atoms with E-state index in [4.69, 9.17) is 12.2 Å². The molecule has 18 nitrogen and oxygen atoms in total. The lowest BCUT2D eigenvalue weighted by Gasteiger charge is -2.15. The van der Waals surface area contributed by atoms with E-state index in [1.165, 1.54) is 6.92 Å². The quantitative estimate of drug-likeness (QED) is 0.0226. The van der Waals surface area contributed by atoms with E-state index in [9.17, 15) is 39.6 Å². The number of hydrogen-bond donors (Lipinski definition) is 7. The molecule has 2 rings (SSSR count). The molecule has 0 fully saturated rings. The summed E-state index contributed by atoms with van der Waals surface area (Å²) in [6.45, 7) is 3.05. The molecule has 7 N–H and O–H groups in total. The smallest absolute Gasteiger partial charge is 0.246 e. The van der Waals surface area contributed by atoms with Gasteiger partial charge in [-0.15, -0.1) is 0 Å². The van der Waals surface area contributed by atoms with Crippen molar-refractivity contribution < 1.29 is 39.6 Å². The standard InChI is InChI=1S/C37H56N10O8S/c1-29(48)45(53)26-12-2-7-23-40-32(49)17-19-34(51)46(54)27-13-3-8-24-41-33(50)18-20-35(52)47(55)28-14-4-9-25-42-37(56)44-43-36(30-15-5-10-21-38-30)31-16-6-11-22-39-31/h5-6,10-11,15-16,21-22,53-55H,2-4,7-9,12-14,17-20,23-28H2,1H3,(H,40,49)(H,41,50)(H2,42,44,56). The number of unbranched alkanes of at least 4 members (excludes halogenated alkanes) is 6. The Bertz CT molecular complexity index is 1500. The van der Waals surface area contributed by atoms with Gasteiger partial charge >= 0.3 is 0 Å². The van der Waals surface area contributed by atoms with Crippen LogP contribution < -0.4 is 21.4 Å². The SMILES string of the molecule is CC(=O)N(O)CCCCCNC(=O)CCC(=O)N(O)CCCCCNC(=O)CCC(=O)N(O)CCCCCNC(=S)NN=C(c1ccccn1)c1ccccn1. The number of amides is 5. The fraction of sp³-hybridized carbons (Fsp3) is 0.541. The van der Waals surface area contributed by atoms with Crippen molar-refractivity contribution in [1.29, 1.82) is 0 Å². The zero-order valence-corrected chi connectivity index (χ0v) is 32.8. The molecule has 0 aliphatic heterocycles. The first-order valence-corrected chi connectivity index (χ1v) is 19.3. The van der Waals surface area contributed by atoms with Gasteiger partial charge in [0.2, 0.25) is 29.5 Å². The number of nitrogens with one attached hydrogen (secondary N) is 4. The number of nitrogens with zero attached hydrogens (tertiary/aromatic N) is 6. The topological polar surface area (TPSA) is 242 Å². The molecule has 5 amide bonds. The van der Waals surface area contributed by atoms with Crippen LogP contribution in [0.25, 0.3) is 0 Å². The third kappa shape index (κ3) is 21.1. The van der Waals surface area contributed by atoms with Crippen LogP contribution in [0.5, 0.6) is 0 Å². The summed E-state index contributed by atoms with van der Waals surface area (Å²) in [7, 11) is 0. The largest absolute Gasteiger partial charge is 0.361 e. The Hall–Kier alpha value is -5.11. The van der Waals surface area contributed by atoms with Gasteiger partial charge in [0.05, 0.1) is 11.4 Å². The van der Waals surface area contributed by atoms with E-state index in [1.807, 2.05) is 36.4 Å². The molecule has 308 valence electrons. The van der Waals surface area contributed by atoms with Crippen molar-refractivity contribution >= 4 is 52.6 Å². The van der Waals surface area contributed by atoms with Gasteiger partial charge in [0, 0.05) is 84.3 Å². The van der Waals surface area contributed by atoms with Gasteiger partial charge in [0.15, 0.2) is 5.11 Å². The highest BCUT2D eigenvalue weighted by Gasteiger charge is 2.15. The van der Waals surface area contributed by atoms with Gasteiger partial charge in [-0.3, -0.25) is 55.0 Å². The molecule has 0 saturated heterocycles. The molecule has 0 radical (unpaired) electrons. The summed E-state index contributed by atoms with van der Waals surface area (Å²) in [5.41, 5.74) is 4.66. The maximum absolute atomic E-state index is 12.3. The minimum absolute atomic E-state index is 0.0557. The van der Waals surface area contributed by atoms with Crippen molar-refractivity contribution in [2.45, 2.75) is 90.4 Å². The van der Waals surface area contributed by atoms with Crippen molar-refractivity contribution in [3.05, 3.63) is 60.2 Å². The van der Waals surface area contributed by atoms with E-state index in [2.05, 4.69) is 36.4 Å². The predicted octanol–water partition coefficient (Wildman–Crippen LogP) is 2.67. The van der Waals surface area contributed by atoms with Gasteiger partial charge in [-0.25, -0.2) is 15.2 Å². The minimum atomic E-state index is -0.562. The first-order chi connectivity index (χ1) is 27.0. The third-order valence-corrected chi connectivity index (χ3v) is 8.46. The molecular weight excluding hydrogens is 745 g/mol. The Morgan fingerprint density at radius 2 is 1.04 bits per heavy atom. The molecular formula is C37H56N10O8S. The van der Waals surface area contributed by atoms with E-state index < -0.39 is 17.7 Å². The summed E-state index contributed by atoms with van der Waals surface area (Å²) < 4.78 is 0. The predicted molar refractivity (Wildman–Crippen MR) is 210 cm³/mol. The molecule has 0 unspecified atom stereocenters. The minimum Gasteiger partial charge on any atom is -0.361 e. The van der Waals surface area contributed by atoms with Crippen LogP contribution in [0.2, 0.25) is 0 Å². The molecule has 0 saturated carbocycles. The Kier molecular flexibility index (Phi) is 23.8. The molecule has 2 aromatic rings. The number of hydrazone groups is 1. The third-order valence-electron chi connectivity index (χ3n) is 8.23. The highest BCUT2D eigenvalue weighted by Crippen LogP contribution is 2.06. The van der Waals surface area contributed by atoms with Crippen LogP contribution in [0, 0.1) is 0 Å². The fourth-order valence-corrected chi connectivity index (χ4v) is 5.18. The Morgan fingerprint density at radius 3 is 1.45 bits per heavy atom. The van der Waals surface area contributed by atoms with Crippen LogP contribution in [0.3, 0.4) is 0 Å². The van der Waals surface area contributed by atoms with E-state index in [0.717, 1.165) is 12.8 Å². The lowest BCUT2D eigenvalue weighted by Crippen LogP contribution is -2.34. The summed E-state index contributed by atoms with van der Waals surface area (Å²) in [5.74, 6) is -2.15. The maximum atomic E-state index is 12.3. The van der Waals surface area contributed by atoms with Crippen LogP contribution in [0.1, 0.15) is 102 Å². The maximum Gasteiger partial charge on any atom is 0.246 e. The molecule has 2 aromatic heterocycles. The Morgan fingerprint density at radius 1 is 0.607 bits per heavy atom. The number of pyridine rings is 2. The average molecular weight is 801 g/mol. The zero-order chi connectivity index (χ0) is 41.0. The van der Waals surface area contributed by atoms with Crippen LogP contribution >= 0.6 is 12.2 Å². The van der Waals surface area contributed by atoms with Gasteiger partial charge < -0.3 is 16.0 Å². The van der Waals surface area contributed by atoms with Gasteiger partial charge in [0.25, 0.3) is 0 Å². The summed E-state index contributed by atoms with van der Waals surface area (Å²) >= 11 is 5.34. The second-order valence-electron chi connectivity index (χ2n) is 12.8. The first-order valence-electron chi connectivity index (χ1n) is 18.9. The van der Waals surface area contributed by atoms with E-state index in [0.29, 0.717) is 102 Å². The van der Waals surface area contributed by atoms with Gasteiger partial charge in [-0.05, 0) is 94.3 Å². The number of hydrogen-bond acceptors (Lipinski definition) is 12. The van der Waals surface area contributed by atoms with Crippen molar-refractivity contribution in [3.8, 4) is 0 Å². The lowest BCUT2D eigenvalue weighted by molar-refractivity contribution is -0.166. The van der Waals surface area contributed by atoms with Crippen molar-refractivity contribution in [2.75, 3.05) is 39.3 Å². The van der Waals surface area contributed by atoms with E-state index >= 15 is 0 Å². The molecule has 0 aromatic carbocycles. The fourth-order valence-electron chi connectivity index (χ4n) is 5.03. The van der Waals surface area contributed by atoms with Crippen LogP contribution in [0.4, 0.5) is 0 Å². The van der Waals surface area contributed by atoms with Crippen LogP contribution in [-0.2, 0) is 24.0 Å². The van der Waals surface area contributed by atoms with Crippen molar-refractivity contribution in [3.63, 3.8) is 0 Å². The highest BCUT2D eigenvalue weighted by molar-refractivity contribution is 7.80. The molecule has 0 aliphatic carbocycles. The normalized spacial score (nSPS) is 10.5. The van der Waals surface area contributed by atoms with Crippen molar-refractivity contribution in [1.82, 2.24) is 46.5 Å². The van der Waals surface area contributed by atoms with E-state index in [-0.39, 0.29) is 57.1 Å². The summed E-state index contributed by atoms with van der Waals surface area (Å²) in [6.07, 6.45) is 8.65. The summed E-state index contributed by atoms with van der Waals surface area (Å²) in [4.78, 5) is 68.1. The molecule has 56 heavy (non-hydrogen) atoms. The molecule has 2 heterocycles. The molecule has 0 aliphatic rings. The number of aromatic nitrogens is 2. The molecule has 0 bridgehead atoms. The van der Waals surface area contributed by atoms with Gasteiger partial charge in [0.1, 0.15) is 5.71 Å². The number of carbonyl (C=O) groups is 5. The van der Waals surface area contributed by atoms with Gasteiger partial charge in [-0.1, -0.05) is 12.1 Å². The Balaban J connectivity index is 1.46. The Labute approximate surface area is 333 Å². The second-order valence-corrected chi connectivity index (χ2v) is 13.2. The second kappa shape index (κ2) is 28.3.